The van der Waals surface area contributed by atoms with E-state index < -0.39 is 0 Å². The molecule has 0 aliphatic carbocycles. The lowest BCUT2D eigenvalue weighted by atomic mass is 9.88. The molecule has 2 aromatic heterocycles. The van der Waals surface area contributed by atoms with Crippen LogP contribution in [0.15, 0.2) is 55.0 Å². The van der Waals surface area contributed by atoms with Gasteiger partial charge < -0.3 is 5.32 Å². The van der Waals surface area contributed by atoms with Crippen LogP contribution in [-0.2, 0) is 12.1 Å². The van der Waals surface area contributed by atoms with Crippen molar-refractivity contribution >= 4 is 28.8 Å². The molecule has 120 valence electrons. The van der Waals surface area contributed by atoms with E-state index in [4.69, 9.17) is 23.8 Å². The first-order valence-corrected chi connectivity index (χ1v) is 8.40. The van der Waals surface area contributed by atoms with Crippen LogP contribution in [-0.4, -0.2) is 19.8 Å². The van der Waals surface area contributed by atoms with Gasteiger partial charge in [0.05, 0.1) is 22.8 Å². The minimum atomic E-state index is -0.321. The van der Waals surface area contributed by atoms with Crippen molar-refractivity contribution in [2.75, 3.05) is 0 Å². The number of hydrogen-bond donors (Lipinski definition) is 1. The molecular formula is C18H15ClN4S. The van der Waals surface area contributed by atoms with Crippen molar-refractivity contribution in [2.24, 2.45) is 0 Å². The number of halogens is 1. The van der Waals surface area contributed by atoms with Gasteiger partial charge in [0.25, 0.3) is 0 Å². The summed E-state index contributed by atoms with van der Waals surface area (Å²) in [7, 11) is 0. The molecule has 0 saturated heterocycles. The Labute approximate surface area is 150 Å². The van der Waals surface area contributed by atoms with Crippen molar-refractivity contribution in [3.63, 3.8) is 0 Å². The molecule has 0 saturated carbocycles. The molecule has 1 N–H and O–H groups in total. The highest BCUT2D eigenvalue weighted by atomic mass is 35.5. The van der Waals surface area contributed by atoms with Crippen LogP contribution in [0.5, 0.6) is 0 Å². The Morgan fingerprint density at radius 2 is 2.08 bits per heavy atom. The second kappa shape index (κ2) is 5.69. The highest BCUT2D eigenvalue weighted by Gasteiger charge is 2.34. The standard InChI is InChI=1S/C18H15ClN4S/c1-18(11-23-16(5-6-21-23)17(24)22-18)14-4-2-3-12(7-14)13-8-15(19)10-20-9-13/h2-10H,11H2,1H3,(H,22,24)/t18-/m1/s1. The van der Waals surface area contributed by atoms with Crippen molar-refractivity contribution in [1.82, 2.24) is 20.1 Å². The number of pyridine rings is 1. The summed E-state index contributed by atoms with van der Waals surface area (Å²) < 4.78 is 1.95. The maximum atomic E-state index is 6.07. The third-order valence-electron chi connectivity index (χ3n) is 4.34. The van der Waals surface area contributed by atoms with Gasteiger partial charge in [-0.3, -0.25) is 9.67 Å². The summed E-state index contributed by atoms with van der Waals surface area (Å²) in [5, 5.41) is 8.48. The Morgan fingerprint density at radius 1 is 1.21 bits per heavy atom. The molecule has 0 spiro atoms. The number of thiocarbonyl (C=S) groups is 1. The Kier molecular flexibility index (Phi) is 3.62. The minimum absolute atomic E-state index is 0.321. The van der Waals surface area contributed by atoms with Gasteiger partial charge in [0.2, 0.25) is 0 Å². The van der Waals surface area contributed by atoms with Crippen LogP contribution in [0.4, 0.5) is 0 Å². The first-order chi connectivity index (χ1) is 11.5. The smallest absolute Gasteiger partial charge is 0.125 e. The average molecular weight is 355 g/mol. The minimum Gasteiger partial charge on any atom is -0.363 e. The van der Waals surface area contributed by atoms with Crippen LogP contribution < -0.4 is 5.32 Å². The summed E-state index contributed by atoms with van der Waals surface area (Å²) in [6.07, 6.45) is 5.23. The Bertz CT molecular complexity index is 936. The normalized spacial score (nSPS) is 19.7. The second-order valence-corrected chi connectivity index (χ2v) is 6.98. The van der Waals surface area contributed by atoms with Gasteiger partial charge >= 0.3 is 0 Å². The molecule has 0 bridgehead atoms. The van der Waals surface area contributed by atoms with Gasteiger partial charge in [0, 0.05) is 24.2 Å². The molecule has 3 heterocycles. The van der Waals surface area contributed by atoms with Gasteiger partial charge in [-0.2, -0.15) is 5.10 Å². The summed E-state index contributed by atoms with van der Waals surface area (Å²) >= 11 is 11.6. The van der Waals surface area contributed by atoms with E-state index >= 15 is 0 Å². The number of fused-ring (bicyclic) bond motifs is 1. The lowest BCUT2D eigenvalue weighted by Crippen LogP contribution is -2.51. The van der Waals surface area contributed by atoms with Crippen LogP contribution in [0, 0.1) is 0 Å². The van der Waals surface area contributed by atoms with Gasteiger partial charge in [0.1, 0.15) is 4.99 Å². The average Bonchev–Trinajstić information content (AvgIpc) is 3.03. The zero-order valence-electron chi connectivity index (χ0n) is 13.0. The number of aromatic nitrogens is 3. The third-order valence-corrected chi connectivity index (χ3v) is 4.86. The van der Waals surface area contributed by atoms with E-state index in [1.165, 1.54) is 0 Å². The summed E-state index contributed by atoms with van der Waals surface area (Å²) in [6.45, 7) is 2.85. The van der Waals surface area contributed by atoms with Crippen molar-refractivity contribution in [1.29, 1.82) is 0 Å². The SMILES string of the molecule is C[C@]1(c2cccc(-c3cncc(Cl)c3)c2)Cn2nccc2C(=S)N1. The third kappa shape index (κ3) is 2.60. The lowest BCUT2D eigenvalue weighted by molar-refractivity contribution is 0.333. The van der Waals surface area contributed by atoms with Crippen LogP contribution in [0.2, 0.25) is 5.02 Å². The lowest BCUT2D eigenvalue weighted by Gasteiger charge is -2.37. The molecule has 6 heteroatoms. The summed E-state index contributed by atoms with van der Waals surface area (Å²) in [5.41, 5.74) is 3.84. The van der Waals surface area contributed by atoms with Gasteiger partial charge in [0.15, 0.2) is 0 Å². The van der Waals surface area contributed by atoms with E-state index in [0.29, 0.717) is 11.6 Å². The highest BCUT2D eigenvalue weighted by molar-refractivity contribution is 7.80. The summed E-state index contributed by atoms with van der Waals surface area (Å²) in [6, 6.07) is 12.2. The van der Waals surface area contributed by atoms with Crippen molar-refractivity contribution in [2.45, 2.75) is 19.0 Å². The number of nitrogens with zero attached hydrogens (tertiary/aromatic N) is 3. The summed E-state index contributed by atoms with van der Waals surface area (Å²) in [4.78, 5) is 4.89. The molecular weight excluding hydrogens is 340 g/mol. The quantitative estimate of drug-likeness (QED) is 0.711. The van der Waals surface area contributed by atoms with E-state index in [2.05, 4.69) is 40.5 Å². The first-order valence-electron chi connectivity index (χ1n) is 7.61. The first kappa shape index (κ1) is 15.3. The molecule has 24 heavy (non-hydrogen) atoms. The number of rotatable bonds is 2. The Balaban J connectivity index is 1.75. The predicted octanol–water partition coefficient (Wildman–Crippen LogP) is 3.79. The zero-order chi connectivity index (χ0) is 16.7. The van der Waals surface area contributed by atoms with Gasteiger partial charge in [-0.1, -0.05) is 42.0 Å². The molecule has 1 aromatic carbocycles. The van der Waals surface area contributed by atoms with Crippen molar-refractivity contribution in [3.05, 3.63) is 71.3 Å². The predicted molar refractivity (Wildman–Crippen MR) is 99.1 cm³/mol. The molecule has 4 rings (SSSR count). The number of hydrogen-bond acceptors (Lipinski definition) is 3. The fraction of sp³-hybridized carbons (Fsp3) is 0.167. The topological polar surface area (TPSA) is 42.7 Å². The van der Waals surface area contributed by atoms with E-state index in [0.717, 1.165) is 27.4 Å². The molecule has 0 radical (unpaired) electrons. The van der Waals surface area contributed by atoms with Crippen LogP contribution >= 0.6 is 23.8 Å². The van der Waals surface area contributed by atoms with Gasteiger partial charge in [-0.15, -0.1) is 0 Å². The van der Waals surface area contributed by atoms with Crippen molar-refractivity contribution < 1.29 is 0 Å². The molecule has 1 aliphatic rings. The van der Waals surface area contributed by atoms with Crippen molar-refractivity contribution in [3.8, 4) is 11.1 Å². The van der Waals surface area contributed by atoms with E-state index in [1.54, 1.807) is 12.4 Å². The van der Waals surface area contributed by atoms with Gasteiger partial charge in [-0.25, -0.2) is 0 Å². The van der Waals surface area contributed by atoms with Gasteiger partial charge in [-0.05, 0) is 36.2 Å². The Hall–Kier alpha value is -2.24. The monoisotopic (exact) mass is 354 g/mol. The van der Waals surface area contributed by atoms with E-state index in [-0.39, 0.29) is 5.54 Å². The molecule has 1 atom stereocenters. The Morgan fingerprint density at radius 3 is 2.92 bits per heavy atom. The summed E-state index contributed by atoms with van der Waals surface area (Å²) in [5.74, 6) is 0. The largest absolute Gasteiger partial charge is 0.363 e. The molecule has 1 aliphatic heterocycles. The van der Waals surface area contributed by atoms with Crippen LogP contribution in [0.3, 0.4) is 0 Å². The fourth-order valence-electron chi connectivity index (χ4n) is 3.08. The fourth-order valence-corrected chi connectivity index (χ4v) is 3.65. The number of nitrogens with one attached hydrogen (secondary N) is 1. The maximum absolute atomic E-state index is 6.07. The molecule has 0 amide bonds. The number of benzene rings is 1. The second-order valence-electron chi connectivity index (χ2n) is 6.13. The maximum Gasteiger partial charge on any atom is 0.125 e. The van der Waals surface area contributed by atoms with E-state index in [9.17, 15) is 0 Å². The molecule has 3 aromatic rings. The molecule has 0 unspecified atom stereocenters. The molecule has 0 fully saturated rings. The highest BCUT2D eigenvalue weighted by Crippen LogP contribution is 2.31. The van der Waals surface area contributed by atoms with Crippen LogP contribution in [0.1, 0.15) is 18.2 Å². The van der Waals surface area contributed by atoms with Crippen LogP contribution in [0.25, 0.3) is 11.1 Å². The zero-order valence-corrected chi connectivity index (χ0v) is 14.6. The molecule has 4 nitrogen and oxygen atoms in total. The van der Waals surface area contributed by atoms with E-state index in [1.807, 2.05) is 29.1 Å².